The second-order valence-corrected chi connectivity index (χ2v) is 7.11. The molecule has 1 heterocycles. The number of aliphatic imine (C=N–C) groups is 1. The van der Waals surface area contributed by atoms with Gasteiger partial charge in [-0.25, -0.2) is 0 Å². The lowest BCUT2D eigenvalue weighted by molar-refractivity contribution is -0.118. The topological polar surface area (TPSA) is 66.0 Å². The van der Waals surface area contributed by atoms with Crippen LogP contribution in [0.1, 0.15) is 39.2 Å². The number of carbonyl (C=O) groups excluding carboxylic acids is 1. The Bertz CT molecular complexity index is 628. The zero-order valence-corrected chi connectivity index (χ0v) is 16.5. The van der Waals surface area contributed by atoms with Gasteiger partial charge in [0.2, 0.25) is 5.91 Å². The summed E-state index contributed by atoms with van der Waals surface area (Å²) < 4.78 is 5.40. The highest BCUT2D eigenvalue weighted by Crippen LogP contribution is 2.27. The lowest BCUT2D eigenvalue weighted by Crippen LogP contribution is -2.40. The Morgan fingerprint density at radius 3 is 2.81 bits per heavy atom. The van der Waals surface area contributed by atoms with Crippen LogP contribution in [-0.4, -0.2) is 50.8 Å². The molecule has 0 fully saturated rings. The number of carbonyl (C=O) groups is 1. The molecule has 0 atom stereocenters. The number of benzene rings is 1. The number of methoxy groups -OCH3 is 1. The predicted molar refractivity (Wildman–Crippen MR) is 107 cm³/mol. The number of ether oxygens (including phenoxy) is 1. The van der Waals surface area contributed by atoms with Gasteiger partial charge in [0.25, 0.3) is 0 Å². The van der Waals surface area contributed by atoms with Crippen LogP contribution in [0.2, 0.25) is 0 Å². The normalized spacial score (nSPS) is 14.3. The van der Waals surface area contributed by atoms with Crippen molar-refractivity contribution in [3.63, 3.8) is 0 Å². The van der Waals surface area contributed by atoms with Crippen LogP contribution in [-0.2, 0) is 16.0 Å². The first-order valence-electron chi connectivity index (χ1n) is 9.42. The molecular weight excluding hydrogens is 328 g/mol. The summed E-state index contributed by atoms with van der Waals surface area (Å²) in [5.41, 5.74) is 2.05. The number of nitrogens with zero attached hydrogens (tertiary/aromatic N) is 2. The monoisotopic (exact) mass is 360 g/mol. The van der Waals surface area contributed by atoms with Crippen molar-refractivity contribution in [3.05, 3.63) is 29.8 Å². The molecule has 0 radical (unpaired) electrons. The van der Waals surface area contributed by atoms with Crippen molar-refractivity contribution in [1.29, 1.82) is 0 Å². The minimum absolute atomic E-state index is 0.194. The summed E-state index contributed by atoms with van der Waals surface area (Å²) in [4.78, 5) is 19.0. The Morgan fingerprint density at radius 2 is 2.08 bits per heavy atom. The van der Waals surface area contributed by atoms with Gasteiger partial charge in [0.05, 0.1) is 12.1 Å². The number of guanidine groups is 1. The molecule has 0 saturated heterocycles. The summed E-state index contributed by atoms with van der Waals surface area (Å²) in [6.45, 7) is 8.92. The highest BCUT2D eigenvalue weighted by molar-refractivity contribution is 5.95. The van der Waals surface area contributed by atoms with Gasteiger partial charge in [-0.1, -0.05) is 18.2 Å². The van der Waals surface area contributed by atoms with E-state index in [0.717, 1.165) is 37.6 Å². The second kappa shape index (κ2) is 9.57. The van der Waals surface area contributed by atoms with Crippen LogP contribution in [0, 0.1) is 0 Å². The Morgan fingerprint density at radius 1 is 1.31 bits per heavy atom. The molecule has 0 unspecified atom stereocenters. The summed E-state index contributed by atoms with van der Waals surface area (Å²) in [5.74, 6) is 0.954. The fraction of sp³-hybridized carbons (Fsp3) is 0.600. The van der Waals surface area contributed by atoms with Gasteiger partial charge >= 0.3 is 0 Å². The van der Waals surface area contributed by atoms with Crippen LogP contribution in [0.25, 0.3) is 0 Å². The Hall–Kier alpha value is -2.08. The first-order valence-corrected chi connectivity index (χ1v) is 9.42. The highest BCUT2D eigenvalue weighted by Gasteiger charge is 2.23. The molecular formula is C20H32N4O2. The fourth-order valence-electron chi connectivity index (χ4n) is 2.85. The van der Waals surface area contributed by atoms with Crippen LogP contribution in [0.15, 0.2) is 29.3 Å². The van der Waals surface area contributed by atoms with E-state index >= 15 is 0 Å². The molecule has 0 bridgehead atoms. The van der Waals surface area contributed by atoms with Crippen molar-refractivity contribution in [3.8, 4) is 0 Å². The smallest absolute Gasteiger partial charge is 0.227 e. The standard InChI is InChI=1S/C20H32N4O2/c1-5-21-19(23-15-20(2,3)26-4)22-13-8-11-18(25)24-14-12-16-9-6-7-10-17(16)24/h6-7,9-10H,5,8,11-15H2,1-4H3,(H2,21,22,23). The first kappa shape index (κ1) is 20.2. The number of para-hydroxylation sites is 1. The molecule has 1 aliphatic rings. The van der Waals surface area contributed by atoms with E-state index < -0.39 is 0 Å². The molecule has 6 heteroatoms. The number of hydrogen-bond donors (Lipinski definition) is 2. The average Bonchev–Trinajstić information content (AvgIpc) is 3.07. The fourth-order valence-corrected chi connectivity index (χ4v) is 2.85. The molecule has 6 nitrogen and oxygen atoms in total. The van der Waals surface area contributed by atoms with E-state index in [1.54, 1.807) is 7.11 Å². The molecule has 26 heavy (non-hydrogen) atoms. The molecule has 1 amide bonds. The van der Waals surface area contributed by atoms with Crippen LogP contribution in [0.5, 0.6) is 0 Å². The molecule has 1 aromatic rings. The maximum atomic E-state index is 12.5. The molecule has 2 rings (SSSR count). The van der Waals surface area contributed by atoms with E-state index in [-0.39, 0.29) is 11.5 Å². The van der Waals surface area contributed by atoms with Crippen LogP contribution in [0.3, 0.4) is 0 Å². The SMILES string of the molecule is CCNC(=NCC(C)(C)OC)NCCCC(=O)N1CCc2ccccc21. The van der Waals surface area contributed by atoms with Crippen LogP contribution < -0.4 is 15.5 Å². The van der Waals surface area contributed by atoms with Gasteiger partial charge in [0.1, 0.15) is 0 Å². The number of rotatable bonds is 8. The zero-order valence-electron chi connectivity index (χ0n) is 16.5. The summed E-state index contributed by atoms with van der Waals surface area (Å²) >= 11 is 0. The number of nitrogens with one attached hydrogen (secondary N) is 2. The number of fused-ring (bicyclic) bond motifs is 1. The lowest BCUT2D eigenvalue weighted by atomic mass is 10.1. The second-order valence-electron chi connectivity index (χ2n) is 7.11. The first-order chi connectivity index (χ1) is 12.5. The van der Waals surface area contributed by atoms with E-state index in [4.69, 9.17) is 4.74 Å². The molecule has 0 aliphatic carbocycles. The van der Waals surface area contributed by atoms with E-state index in [1.165, 1.54) is 5.56 Å². The van der Waals surface area contributed by atoms with Crippen molar-refractivity contribution in [2.75, 3.05) is 38.2 Å². The molecule has 144 valence electrons. The largest absolute Gasteiger partial charge is 0.377 e. The van der Waals surface area contributed by atoms with Gasteiger partial charge in [-0.3, -0.25) is 9.79 Å². The van der Waals surface area contributed by atoms with E-state index in [0.29, 0.717) is 19.5 Å². The van der Waals surface area contributed by atoms with Gasteiger partial charge < -0.3 is 20.3 Å². The average molecular weight is 361 g/mol. The minimum Gasteiger partial charge on any atom is -0.377 e. The summed E-state index contributed by atoms with van der Waals surface area (Å²) in [6.07, 6.45) is 2.26. The molecule has 0 saturated carbocycles. The molecule has 1 aromatic carbocycles. The molecule has 2 N–H and O–H groups in total. The third kappa shape index (κ3) is 5.73. The molecule has 0 spiro atoms. The van der Waals surface area contributed by atoms with E-state index in [1.807, 2.05) is 43.9 Å². The maximum Gasteiger partial charge on any atom is 0.227 e. The summed E-state index contributed by atoms with van der Waals surface area (Å²) in [6, 6.07) is 8.16. The van der Waals surface area contributed by atoms with Crippen molar-refractivity contribution in [2.24, 2.45) is 4.99 Å². The van der Waals surface area contributed by atoms with Crippen molar-refractivity contribution in [1.82, 2.24) is 10.6 Å². The number of anilines is 1. The predicted octanol–water partition coefficient (Wildman–Crippen LogP) is 2.34. The van der Waals surface area contributed by atoms with Gasteiger partial charge in [0.15, 0.2) is 5.96 Å². The van der Waals surface area contributed by atoms with Gasteiger partial charge in [-0.05, 0) is 45.2 Å². The zero-order chi connectivity index (χ0) is 19.0. The Kier molecular flexibility index (Phi) is 7.45. The molecule has 0 aromatic heterocycles. The van der Waals surface area contributed by atoms with Crippen molar-refractivity contribution < 1.29 is 9.53 Å². The summed E-state index contributed by atoms with van der Waals surface area (Å²) in [7, 11) is 1.69. The number of amides is 1. The van der Waals surface area contributed by atoms with Gasteiger partial charge in [-0.15, -0.1) is 0 Å². The quantitative estimate of drug-likeness (QED) is 0.424. The Labute approximate surface area is 157 Å². The molecule has 1 aliphatic heterocycles. The number of hydrogen-bond acceptors (Lipinski definition) is 3. The minimum atomic E-state index is -0.290. The highest BCUT2D eigenvalue weighted by atomic mass is 16.5. The third-order valence-corrected chi connectivity index (χ3v) is 4.56. The van der Waals surface area contributed by atoms with Crippen LogP contribution >= 0.6 is 0 Å². The van der Waals surface area contributed by atoms with E-state index in [9.17, 15) is 4.79 Å². The van der Waals surface area contributed by atoms with Crippen LogP contribution in [0.4, 0.5) is 5.69 Å². The van der Waals surface area contributed by atoms with Crippen molar-refractivity contribution >= 4 is 17.6 Å². The van der Waals surface area contributed by atoms with E-state index in [2.05, 4.69) is 21.7 Å². The van der Waals surface area contributed by atoms with Crippen molar-refractivity contribution in [2.45, 2.75) is 45.6 Å². The Balaban J connectivity index is 1.78. The summed E-state index contributed by atoms with van der Waals surface area (Å²) in [5, 5.41) is 6.52. The van der Waals surface area contributed by atoms with Gasteiger partial charge in [-0.2, -0.15) is 0 Å². The maximum absolute atomic E-state index is 12.5. The lowest BCUT2D eigenvalue weighted by Gasteiger charge is -2.21. The third-order valence-electron chi connectivity index (χ3n) is 4.56. The van der Waals surface area contributed by atoms with Gasteiger partial charge in [0, 0.05) is 38.9 Å².